The minimum atomic E-state index is -0.556. The van der Waals surface area contributed by atoms with Crippen molar-refractivity contribution in [3.8, 4) is 0 Å². The Kier molecular flexibility index (Phi) is 5.21. The maximum atomic E-state index is 13.3. The molecule has 27 heavy (non-hydrogen) atoms. The lowest BCUT2D eigenvalue weighted by molar-refractivity contribution is -0.204. The Bertz CT molecular complexity index is 698. The molecule has 0 amide bonds. The fourth-order valence-corrected chi connectivity index (χ4v) is 5.47. The molecule has 146 valence electrons. The SMILES string of the molecule is CCc1cc(C)cc(CC)c1C1C(=O)C2CC(C3OCCCO3)CC2C1=O. The van der Waals surface area contributed by atoms with E-state index in [1.54, 1.807) is 0 Å². The number of carbonyl (C=O) groups is 2. The molecule has 3 fully saturated rings. The van der Waals surface area contributed by atoms with E-state index < -0.39 is 5.92 Å². The van der Waals surface area contributed by atoms with Crippen LogP contribution in [-0.2, 0) is 31.9 Å². The quantitative estimate of drug-likeness (QED) is 0.757. The van der Waals surface area contributed by atoms with Gasteiger partial charge in [0.1, 0.15) is 5.92 Å². The van der Waals surface area contributed by atoms with Crippen LogP contribution in [0.5, 0.6) is 0 Å². The van der Waals surface area contributed by atoms with Crippen LogP contribution < -0.4 is 0 Å². The van der Waals surface area contributed by atoms with E-state index in [9.17, 15) is 9.59 Å². The molecule has 2 atom stereocenters. The lowest BCUT2D eigenvalue weighted by Gasteiger charge is -2.28. The molecule has 4 rings (SSSR count). The first-order valence-corrected chi connectivity index (χ1v) is 10.5. The zero-order valence-corrected chi connectivity index (χ0v) is 16.6. The van der Waals surface area contributed by atoms with Gasteiger partial charge >= 0.3 is 0 Å². The summed E-state index contributed by atoms with van der Waals surface area (Å²) < 4.78 is 11.5. The number of hydrogen-bond donors (Lipinski definition) is 0. The largest absolute Gasteiger partial charge is 0.352 e. The van der Waals surface area contributed by atoms with Crippen LogP contribution in [0, 0.1) is 24.7 Å². The summed E-state index contributed by atoms with van der Waals surface area (Å²) in [5.74, 6) is -0.425. The van der Waals surface area contributed by atoms with Gasteiger partial charge in [-0.05, 0) is 55.7 Å². The minimum absolute atomic E-state index is 0.136. The van der Waals surface area contributed by atoms with Gasteiger partial charge in [-0.2, -0.15) is 0 Å². The molecular formula is C23H30O4. The number of Topliss-reactive ketones (excluding diaryl/α,β-unsaturated/α-hetero) is 2. The highest BCUT2D eigenvalue weighted by Gasteiger charge is 2.56. The second kappa shape index (κ2) is 7.48. The van der Waals surface area contributed by atoms with Gasteiger partial charge in [-0.25, -0.2) is 0 Å². The number of rotatable bonds is 4. The number of ether oxygens (including phenoxy) is 2. The normalized spacial score (nSPS) is 31.5. The third-order valence-electron chi connectivity index (χ3n) is 6.68. The van der Waals surface area contributed by atoms with Gasteiger partial charge in [-0.3, -0.25) is 9.59 Å². The molecule has 2 saturated carbocycles. The summed E-state index contributed by atoms with van der Waals surface area (Å²) in [4.78, 5) is 26.7. The van der Waals surface area contributed by atoms with Gasteiger partial charge in [-0.1, -0.05) is 31.5 Å². The van der Waals surface area contributed by atoms with Gasteiger partial charge < -0.3 is 9.47 Å². The smallest absolute Gasteiger partial charge is 0.160 e. The maximum Gasteiger partial charge on any atom is 0.160 e. The van der Waals surface area contributed by atoms with Crippen molar-refractivity contribution in [2.24, 2.45) is 17.8 Å². The van der Waals surface area contributed by atoms with E-state index >= 15 is 0 Å². The summed E-state index contributed by atoms with van der Waals surface area (Å²) in [6, 6.07) is 4.30. The molecule has 1 aromatic rings. The second-order valence-electron chi connectivity index (χ2n) is 8.35. The van der Waals surface area contributed by atoms with Crippen LogP contribution in [0.1, 0.15) is 61.3 Å². The Labute approximate surface area is 161 Å². The first-order chi connectivity index (χ1) is 13.0. The van der Waals surface area contributed by atoms with E-state index in [1.165, 1.54) is 5.56 Å². The predicted molar refractivity (Wildman–Crippen MR) is 103 cm³/mol. The number of ketones is 2. The monoisotopic (exact) mass is 370 g/mol. The predicted octanol–water partition coefficient (Wildman–Crippen LogP) is 3.76. The number of aryl methyl sites for hydroxylation is 3. The number of carbonyl (C=O) groups excluding carboxylic acids is 2. The Morgan fingerprint density at radius 3 is 1.93 bits per heavy atom. The van der Waals surface area contributed by atoms with Gasteiger partial charge in [0.2, 0.25) is 0 Å². The molecule has 1 saturated heterocycles. The topological polar surface area (TPSA) is 52.6 Å². The van der Waals surface area contributed by atoms with Gasteiger partial charge in [0.15, 0.2) is 17.9 Å². The molecule has 1 aromatic carbocycles. The van der Waals surface area contributed by atoms with Crippen LogP contribution >= 0.6 is 0 Å². The van der Waals surface area contributed by atoms with E-state index in [0.717, 1.165) is 48.8 Å². The van der Waals surface area contributed by atoms with E-state index in [0.29, 0.717) is 13.2 Å². The van der Waals surface area contributed by atoms with Crippen LogP contribution in [-0.4, -0.2) is 31.1 Å². The average molecular weight is 370 g/mol. The Balaban J connectivity index is 1.62. The molecule has 0 radical (unpaired) electrons. The third kappa shape index (κ3) is 3.17. The molecule has 4 nitrogen and oxygen atoms in total. The highest BCUT2D eigenvalue weighted by molar-refractivity contribution is 6.16. The number of fused-ring (bicyclic) bond motifs is 1. The lowest BCUT2D eigenvalue weighted by atomic mass is 9.82. The molecular weight excluding hydrogens is 340 g/mol. The highest BCUT2D eigenvalue weighted by Crippen LogP contribution is 2.50. The molecule has 4 heteroatoms. The summed E-state index contributed by atoms with van der Waals surface area (Å²) in [6.07, 6.45) is 3.84. The molecule has 0 aromatic heterocycles. The van der Waals surface area contributed by atoms with Crippen molar-refractivity contribution in [3.05, 3.63) is 34.4 Å². The van der Waals surface area contributed by atoms with Gasteiger partial charge in [0.05, 0.1) is 13.2 Å². The molecule has 0 spiro atoms. The second-order valence-corrected chi connectivity index (χ2v) is 8.35. The Morgan fingerprint density at radius 1 is 0.926 bits per heavy atom. The fraction of sp³-hybridized carbons (Fsp3) is 0.652. The maximum absolute atomic E-state index is 13.3. The zero-order valence-electron chi connectivity index (χ0n) is 16.6. The standard InChI is InChI=1S/C23H30O4/c1-4-14-9-13(3)10-15(5-2)19(14)20-21(24)17-11-16(12-18(17)22(20)25)23-26-7-6-8-27-23/h9-10,16-18,20,23H,4-8,11-12H2,1-3H3. The van der Waals surface area contributed by atoms with E-state index in [1.807, 2.05) is 0 Å². The highest BCUT2D eigenvalue weighted by atomic mass is 16.7. The van der Waals surface area contributed by atoms with Crippen LogP contribution in [0.3, 0.4) is 0 Å². The molecule has 2 aliphatic carbocycles. The number of benzene rings is 1. The molecule has 3 aliphatic rings. The summed E-state index contributed by atoms with van der Waals surface area (Å²) >= 11 is 0. The molecule has 1 heterocycles. The van der Waals surface area contributed by atoms with E-state index in [4.69, 9.17) is 9.47 Å². The summed E-state index contributed by atoms with van der Waals surface area (Å²) in [5.41, 5.74) is 4.54. The lowest BCUT2D eigenvalue weighted by Crippen LogP contribution is -2.32. The van der Waals surface area contributed by atoms with E-state index in [-0.39, 0.29) is 35.6 Å². The molecule has 1 aliphatic heterocycles. The van der Waals surface area contributed by atoms with Crippen molar-refractivity contribution >= 4 is 11.6 Å². The van der Waals surface area contributed by atoms with Gasteiger partial charge in [0.25, 0.3) is 0 Å². The van der Waals surface area contributed by atoms with Crippen molar-refractivity contribution in [1.29, 1.82) is 0 Å². The molecule has 2 unspecified atom stereocenters. The van der Waals surface area contributed by atoms with E-state index in [2.05, 4.69) is 32.9 Å². The first kappa shape index (κ1) is 18.8. The summed E-state index contributed by atoms with van der Waals surface area (Å²) in [5, 5.41) is 0. The Hall–Kier alpha value is -1.52. The van der Waals surface area contributed by atoms with Crippen LogP contribution in [0.2, 0.25) is 0 Å². The van der Waals surface area contributed by atoms with Crippen LogP contribution in [0.25, 0.3) is 0 Å². The zero-order chi connectivity index (χ0) is 19.1. The van der Waals surface area contributed by atoms with Crippen molar-refractivity contribution in [2.75, 3.05) is 13.2 Å². The minimum Gasteiger partial charge on any atom is -0.352 e. The number of hydrogen-bond acceptors (Lipinski definition) is 4. The Morgan fingerprint density at radius 2 is 1.44 bits per heavy atom. The van der Waals surface area contributed by atoms with Crippen molar-refractivity contribution in [1.82, 2.24) is 0 Å². The van der Waals surface area contributed by atoms with Crippen molar-refractivity contribution in [2.45, 2.75) is 65.1 Å². The average Bonchev–Trinajstić information content (AvgIpc) is 3.22. The summed E-state index contributed by atoms with van der Waals surface area (Å²) in [7, 11) is 0. The molecule has 0 bridgehead atoms. The van der Waals surface area contributed by atoms with Crippen LogP contribution in [0.15, 0.2) is 12.1 Å². The third-order valence-corrected chi connectivity index (χ3v) is 6.68. The first-order valence-electron chi connectivity index (χ1n) is 10.5. The van der Waals surface area contributed by atoms with Gasteiger partial charge in [-0.15, -0.1) is 0 Å². The fourth-order valence-electron chi connectivity index (χ4n) is 5.47. The molecule has 0 N–H and O–H groups in total. The van der Waals surface area contributed by atoms with Gasteiger partial charge in [0, 0.05) is 17.8 Å². The summed E-state index contributed by atoms with van der Waals surface area (Å²) in [6.45, 7) is 7.73. The van der Waals surface area contributed by atoms with Crippen molar-refractivity contribution in [3.63, 3.8) is 0 Å². The van der Waals surface area contributed by atoms with Crippen LogP contribution in [0.4, 0.5) is 0 Å². The van der Waals surface area contributed by atoms with Crippen molar-refractivity contribution < 1.29 is 19.1 Å².